The molecule has 2 atom stereocenters. The molecule has 1 aliphatic rings. The van der Waals surface area contributed by atoms with Gasteiger partial charge in [-0.3, -0.25) is 20.0 Å². The number of nitrogens with zero attached hydrogens (tertiary/aromatic N) is 2. The van der Waals surface area contributed by atoms with Crippen LogP contribution in [0.3, 0.4) is 0 Å². The molecule has 0 saturated heterocycles. The van der Waals surface area contributed by atoms with E-state index in [-0.39, 0.29) is 17.9 Å². The van der Waals surface area contributed by atoms with Crippen molar-refractivity contribution in [1.82, 2.24) is 15.5 Å². The van der Waals surface area contributed by atoms with Gasteiger partial charge in [-0.05, 0) is 24.5 Å². The maximum absolute atomic E-state index is 11.9. The maximum Gasteiger partial charge on any atom is 0.319 e. The van der Waals surface area contributed by atoms with Gasteiger partial charge in [0, 0.05) is 5.92 Å². The van der Waals surface area contributed by atoms with Crippen LogP contribution >= 0.6 is 0 Å². The molecule has 1 amide bonds. The standard InChI is InChI=1S/C13H14N4O4/c1-7-4-9(7)11-3-2-8(21-11)5-14-13(18)12-10(17(19)20)6-15-16-12/h2-3,6-7,9H,4-5H2,1H3,(H,14,18)(H,15,16)/t7-,9-/m1/s1. The highest BCUT2D eigenvalue weighted by atomic mass is 16.6. The van der Waals surface area contributed by atoms with Crippen LogP contribution in [0, 0.1) is 16.0 Å². The first-order valence-electron chi connectivity index (χ1n) is 6.61. The van der Waals surface area contributed by atoms with Crippen molar-refractivity contribution in [2.75, 3.05) is 0 Å². The van der Waals surface area contributed by atoms with Crippen molar-refractivity contribution >= 4 is 11.6 Å². The van der Waals surface area contributed by atoms with Gasteiger partial charge in [0.2, 0.25) is 5.69 Å². The number of aromatic amines is 1. The molecule has 8 heteroatoms. The summed E-state index contributed by atoms with van der Waals surface area (Å²) in [5.41, 5.74) is -0.512. The number of hydrogen-bond donors (Lipinski definition) is 2. The number of nitro groups is 1. The van der Waals surface area contributed by atoms with Crippen LogP contribution in [0.15, 0.2) is 22.7 Å². The van der Waals surface area contributed by atoms with Crippen LogP contribution in [-0.4, -0.2) is 21.0 Å². The van der Waals surface area contributed by atoms with Crippen LogP contribution in [0.25, 0.3) is 0 Å². The van der Waals surface area contributed by atoms with Crippen molar-refractivity contribution in [2.45, 2.75) is 25.8 Å². The van der Waals surface area contributed by atoms with Crippen molar-refractivity contribution < 1.29 is 14.1 Å². The van der Waals surface area contributed by atoms with E-state index in [4.69, 9.17) is 4.42 Å². The predicted molar refractivity (Wildman–Crippen MR) is 71.6 cm³/mol. The Morgan fingerprint density at radius 1 is 1.62 bits per heavy atom. The maximum atomic E-state index is 11.9. The summed E-state index contributed by atoms with van der Waals surface area (Å²) in [6.07, 6.45) is 2.13. The van der Waals surface area contributed by atoms with Crippen LogP contribution in [0.5, 0.6) is 0 Å². The third-order valence-electron chi connectivity index (χ3n) is 3.62. The summed E-state index contributed by atoms with van der Waals surface area (Å²) in [4.78, 5) is 22.0. The molecule has 0 bridgehead atoms. The normalized spacial score (nSPS) is 20.2. The average molecular weight is 290 g/mol. The average Bonchev–Trinajstić information content (AvgIpc) is 2.90. The molecule has 21 heavy (non-hydrogen) atoms. The Balaban J connectivity index is 1.62. The molecule has 0 aromatic carbocycles. The second-order valence-corrected chi connectivity index (χ2v) is 5.19. The number of hydrogen-bond acceptors (Lipinski definition) is 5. The highest BCUT2D eigenvalue weighted by Gasteiger charge is 2.36. The van der Waals surface area contributed by atoms with Gasteiger partial charge in [-0.15, -0.1) is 0 Å². The van der Waals surface area contributed by atoms with Crippen LogP contribution in [0.1, 0.15) is 41.3 Å². The predicted octanol–water partition coefficient (Wildman–Crippen LogP) is 1.96. The monoisotopic (exact) mass is 290 g/mol. The molecular weight excluding hydrogens is 276 g/mol. The fourth-order valence-electron chi connectivity index (χ4n) is 2.25. The summed E-state index contributed by atoms with van der Waals surface area (Å²) in [5, 5.41) is 19.1. The molecule has 2 aromatic rings. The summed E-state index contributed by atoms with van der Waals surface area (Å²) < 4.78 is 5.65. The first-order valence-corrected chi connectivity index (χ1v) is 6.61. The molecule has 0 aliphatic heterocycles. The van der Waals surface area contributed by atoms with Gasteiger partial charge < -0.3 is 9.73 Å². The van der Waals surface area contributed by atoms with Gasteiger partial charge in [0.25, 0.3) is 5.91 Å². The van der Waals surface area contributed by atoms with Gasteiger partial charge in [0.15, 0.2) is 0 Å². The molecule has 2 aromatic heterocycles. The minimum absolute atomic E-state index is 0.164. The molecule has 1 aliphatic carbocycles. The molecule has 2 N–H and O–H groups in total. The third kappa shape index (κ3) is 2.64. The van der Waals surface area contributed by atoms with Gasteiger partial charge >= 0.3 is 5.69 Å². The van der Waals surface area contributed by atoms with Gasteiger partial charge in [-0.1, -0.05) is 6.92 Å². The molecule has 0 unspecified atom stereocenters. The zero-order valence-electron chi connectivity index (χ0n) is 11.3. The van der Waals surface area contributed by atoms with Crippen LogP contribution < -0.4 is 5.32 Å². The molecule has 2 heterocycles. The second kappa shape index (κ2) is 5.04. The van der Waals surface area contributed by atoms with E-state index in [1.165, 1.54) is 0 Å². The van der Waals surface area contributed by atoms with E-state index in [1.807, 2.05) is 12.1 Å². The summed E-state index contributed by atoms with van der Waals surface area (Å²) in [6.45, 7) is 2.34. The first kappa shape index (κ1) is 13.3. The summed E-state index contributed by atoms with van der Waals surface area (Å²) in [7, 11) is 0. The fraction of sp³-hybridized carbons (Fsp3) is 0.385. The Labute approximate surface area is 119 Å². The topological polar surface area (TPSA) is 114 Å². The van der Waals surface area contributed by atoms with Crippen molar-refractivity contribution in [3.05, 3.63) is 45.7 Å². The molecule has 110 valence electrons. The number of H-pyrrole nitrogens is 1. The van der Waals surface area contributed by atoms with Crippen molar-refractivity contribution in [3.63, 3.8) is 0 Å². The van der Waals surface area contributed by atoms with E-state index in [0.29, 0.717) is 17.6 Å². The number of furan rings is 1. The first-order chi connectivity index (χ1) is 10.1. The zero-order chi connectivity index (χ0) is 15.0. The summed E-state index contributed by atoms with van der Waals surface area (Å²) in [5.74, 6) is 2.09. The highest BCUT2D eigenvalue weighted by Crippen LogP contribution is 2.47. The molecule has 1 saturated carbocycles. The van der Waals surface area contributed by atoms with E-state index < -0.39 is 10.8 Å². The molecule has 8 nitrogen and oxygen atoms in total. The number of carbonyl (C=O) groups excluding carboxylic acids is 1. The minimum Gasteiger partial charge on any atom is -0.464 e. The van der Waals surface area contributed by atoms with E-state index in [2.05, 4.69) is 22.4 Å². The van der Waals surface area contributed by atoms with E-state index in [9.17, 15) is 14.9 Å². The molecular formula is C13H14N4O4. The summed E-state index contributed by atoms with van der Waals surface area (Å²) >= 11 is 0. The van der Waals surface area contributed by atoms with Gasteiger partial charge in [0.1, 0.15) is 17.7 Å². The lowest BCUT2D eigenvalue weighted by molar-refractivity contribution is -0.385. The Morgan fingerprint density at radius 3 is 3.05 bits per heavy atom. The second-order valence-electron chi connectivity index (χ2n) is 5.19. The van der Waals surface area contributed by atoms with Gasteiger partial charge in [-0.25, -0.2) is 0 Å². The molecule has 0 radical (unpaired) electrons. The van der Waals surface area contributed by atoms with Crippen molar-refractivity contribution in [1.29, 1.82) is 0 Å². The zero-order valence-corrected chi connectivity index (χ0v) is 11.3. The van der Waals surface area contributed by atoms with Gasteiger partial charge in [0.05, 0.1) is 11.5 Å². The third-order valence-corrected chi connectivity index (χ3v) is 3.62. The van der Waals surface area contributed by atoms with E-state index in [0.717, 1.165) is 18.4 Å². The SMILES string of the molecule is C[C@@H]1C[C@H]1c1ccc(CNC(=O)c2[nH]ncc2[N+](=O)[O-])o1. The van der Waals surface area contributed by atoms with Crippen LogP contribution in [0.2, 0.25) is 0 Å². The van der Waals surface area contributed by atoms with Crippen molar-refractivity contribution in [2.24, 2.45) is 5.92 Å². The number of rotatable bonds is 5. The minimum atomic E-state index is -0.655. The van der Waals surface area contributed by atoms with E-state index in [1.54, 1.807) is 0 Å². The Bertz CT molecular complexity index is 690. The molecule has 1 fully saturated rings. The lowest BCUT2D eigenvalue weighted by Gasteiger charge is -2.01. The van der Waals surface area contributed by atoms with Crippen LogP contribution in [0.4, 0.5) is 5.69 Å². The molecule has 0 spiro atoms. The number of carbonyl (C=O) groups is 1. The number of nitrogens with one attached hydrogen (secondary N) is 2. The van der Waals surface area contributed by atoms with Gasteiger partial charge in [-0.2, -0.15) is 5.10 Å². The van der Waals surface area contributed by atoms with Crippen molar-refractivity contribution in [3.8, 4) is 0 Å². The number of amides is 1. The lowest BCUT2D eigenvalue weighted by Crippen LogP contribution is -2.23. The Morgan fingerprint density at radius 2 is 2.38 bits per heavy atom. The van der Waals surface area contributed by atoms with E-state index >= 15 is 0 Å². The Hall–Kier alpha value is -2.64. The lowest BCUT2D eigenvalue weighted by atomic mass is 10.3. The summed E-state index contributed by atoms with van der Waals surface area (Å²) in [6, 6.07) is 3.72. The quantitative estimate of drug-likeness (QED) is 0.645. The van der Waals surface area contributed by atoms with Crippen LogP contribution in [-0.2, 0) is 6.54 Å². The largest absolute Gasteiger partial charge is 0.464 e. The molecule has 3 rings (SSSR count). The highest BCUT2D eigenvalue weighted by molar-refractivity contribution is 5.95. The fourth-order valence-corrected chi connectivity index (χ4v) is 2.25. The number of aromatic nitrogens is 2. The smallest absolute Gasteiger partial charge is 0.319 e. The Kier molecular flexibility index (Phi) is 3.20.